The van der Waals surface area contributed by atoms with Crippen LogP contribution in [0.3, 0.4) is 0 Å². The van der Waals surface area contributed by atoms with Gasteiger partial charge in [0.25, 0.3) is 0 Å². The van der Waals surface area contributed by atoms with Gasteiger partial charge in [-0.3, -0.25) is 4.68 Å². The highest BCUT2D eigenvalue weighted by Gasteiger charge is 2.39. The predicted molar refractivity (Wildman–Crippen MR) is 143 cm³/mol. The quantitative estimate of drug-likeness (QED) is 0.348. The van der Waals surface area contributed by atoms with Crippen LogP contribution in [-0.4, -0.2) is 71.3 Å². The molecule has 1 aromatic carbocycles. The molecule has 0 aliphatic carbocycles. The lowest BCUT2D eigenvalue weighted by Gasteiger charge is -2.39. The summed E-state index contributed by atoms with van der Waals surface area (Å²) in [6.45, 7) is 16.0. The molecule has 1 heterocycles. The fourth-order valence-electron chi connectivity index (χ4n) is 3.13. The van der Waals surface area contributed by atoms with E-state index in [1.807, 2.05) is 0 Å². The van der Waals surface area contributed by atoms with Gasteiger partial charge in [0, 0.05) is 29.9 Å². The molecule has 2 atom stereocenters. The Kier molecular flexibility index (Phi) is 10.1. The molecule has 0 spiro atoms. The summed E-state index contributed by atoms with van der Waals surface area (Å²) in [5.74, 6) is -1.92. The average molecular weight is 554 g/mol. The first kappa shape index (κ1) is 31.3. The lowest BCUT2D eigenvalue weighted by molar-refractivity contribution is -0.148. The molecule has 1 aromatic heterocycles. The maximum Gasteiger partial charge on any atom is 0.407 e. The summed E-state index contributed by atoms with van der Waals surface area (Å²) in [6, 6.07) is 4.10. The molecule has 1 amide bonds. The summed E-state index contributed by atoms with van der Waals surface area (Å²) in [5.41, 5.74) is 0.166. The molecule has 0 saturated carbocycles. The summed E-state index contributed by atoms with van der Waals surface area (Å²) in [6.07, 6.45) is 0.558. The third-order valence-electron chi connectivity index (χ3n) is 6.11. The third-order valence-corrected chi connectivity index (χ3v) is 10.6. The number of nitrogens with one attached hydrogen (secondary N) is 1. The van der Waals surface area contributed by atoms with Crippen molar-refractivity contribution in [2.24, 2.45) is 0 Å². The second-order valence-corrected chi connectivity index (χ2v) is 16.4. The number of hydrogen-bond donors (Lipinski definition) is 3. The standard InChI is InChI=1S/C26H40FN3O7Si/c1-25(2,3)36-24(34)28-13-19(37-38(7,8)26(4,5)6)15-30-14-17(12-29-30)20-10-9-18(11-21(20)27)35-16-22(31)23(32)33/h9-12,14,19,22,31H,13,15-16H2,1-8H3,(H,28,34)(H,32,33). The third kappa shape index (κ3) is 9.41. The van der Waals surface area contributed by atoms with Crippen LogP contribution in [-0.2, 0) is 20.5 Å². The predicted octanol–water partition coefficient (Wildman–Crippen LogP) is 4.43. The van der Waals surface area contributed by atoms with Crippen molar-refractivity contribution in [1.29, 1.82) is 0 Å². The van der Waals surface area contributed by atoms with Crippen molar-refractivity contribution < 1.29 is 38.1 Å². The fourth-order valence-corrected chi connectivity index (χ4v) is 4.47. The van der Waals surface area contributed by atoms with Gasteiger partial charge in [0.2, 0.25) is 0 Å². The smallest absolute Gasteiger partial charge is 0.407 e. The van der Waals surface area contributed by atoms with E-state index in [1.54, 1.807) is 31.6 Å². The molecule has 0 aliphatic heterocycles. The van der Waals surface area contributed by atoms with Crippen molar-refractivity contribution in [3.8, 4) is 16.9 Å². The van der Waals surface area contributed by atoms with Crippen molar-refractivity contribution in [3.05, 3.63) is 36.4 Å². The number of nitrogens with zero attached hydrogens (tertiary/aromatic N) is 2. The second-order valence-electron chi connectivity index (χ2n) is 11.6. The van der Waals surface area contributed by atoms with Gasteiger partial charge in [0.05, 0.1) is 18.8 Å². The largest absolute Gasteiger partial charge is 0.490 e. The number of rotatable bonds is 11. The minimum absolute atomic E-state index is 0.0557. The van der Waals surface area contributed by atoms with E-state index in [4.69, 9.17) is 19.0 Å². The Morgan fingerprint density at radius 1 is 1.18 bits per heavy atom. The van der Waals surface area contributed by atoms with Crippen LogP contribution in [0.25, 0.3) is 11.1 Å². The van der Waals surface area contributed by atoms with E-state index in [-0.39, 0.29) is 22.9 Å². The van der Waals surface area contributed by atoms with Gasteiger partial charge in [-0.2, -0.15) is 5.10 Å². The van der Waals surface area contributed by atoms with Gasteiger partial charge in [-0.15, -0.1) is 0 Å². The van der Waals surface area contributed by atoms with E-state index in [1.165, 1.54) is 18.3 Å². The Labute approximate surface area is 224 Å². The fraction of sp³-hybridized carbons (Fsp3) is 0.577. The Bertz CT molecular complexity index is 1110. The van der Waals surface area contributed by atoms with Crippen LogP contribution in [0.4, 0.5) is 9.18 Å². The first-order valence-electron chi connectivity index (χ1n) is 12.4. The van der Waals surface area contributed by atoms with Gasteiger partial charge >= 0.3 is 12.1 Å². The van der Waals surface area contributed by atoms with Crippen LogP contribution < -0.4 is 10.1 Å². The van der Waals surface area contributed by atoms with Gasteiger partial charge in [-0.25, -0.2) is 14.0 Å². The van der Waals surface area contributed by atoms with Crippen LogP contribution in [0.1, 0.15) is 41.5 Å². The molecule has 10 nitrogen and oxygen atoms in total. The molecule has 3 N–H and O–H groups in total. The number of aromatic nitrogens is 2. The van der Waals surface area contributed by atoms with Crippen molar-refractivity contribution in [3.63, 3.8) is 0 Å². The normalized spacial score (nSPS) is 14.1. The number of ether oxygens (including phenoxy) is 2. The van der Waals surface area contributed by atoms with Gasteiger partial charge in [0.1, 0.15) is 23.8 Å². The number of aliphatic carboxylic acids is 1. The minimum atomic E-state index is -2.20. The molecule has 0 bridgehead atoms. The van der Waals surface area contributed by atoms with Crippen LogP contribution in [0.2, 0.25) is 18.1 Å². The van der Waals surface area contributed by atoms with Crippen LogP contribution in [0, 0.1) is 5.82 Å². The Balaban J connectivity index is 2.17. The molecular formula is C26H40FN3O7Si. The number of benzene rings is 1. The number of carbonyl (C=O) groups is 2. The van der Waals surface area contributed by atoms with Gasteiger partial charge in [-0.1, -0.05) is 20.8 Å². The SMILES string of the molecule is CC(C)(C)OC(=O)NCC(Cn1cc(-c2ccc(OCC(O)C(=O)O)cc2F)cn1)O[Si](C)(C)C(C)(C)C. The van der Waals surface area contributed by atoms with Crippen LogP contribution in [0.5, 0.6) is 5.75 Å². The number of alkyl carbamates (subject to hydrolysis) is 1. The Morgan fingerprint density at radius 2 is 1.84 bits per heavy atom. The van der Waals surface area contributed by atoms with Crippen LogP contribution in [0.15, 0.2) is 30.6 Å². The first-order chi connectivity index (χ1) is 17.4. The number of amides is 1. The zero-order valence-electron chi connectivity index (χ0n) is 23.4. The summed E-state index contributed by atoms with van der Waals surface area (Å²) >= 11 is 0. The summed E-state index contributed by atoms with van der Waals surface area (Å²) < 4.78 is 33.5. The van der Waals surface area contributed by atoms with Crippen molar-refractivity contribution in [1.82, 2.24) is 15.1 Å². The summed E-state index contributed by atoms with van der Waals surface area (Å²) in [7, 11) is -2.20. The lowest BCUT2D eigenvalue weighted by atomic mass is 10.1. The summed E-state index contributed by atoms with van der Waals surface area (Å²) in [4.78, 5) is 23.0. The number of halogens is 1. The van der Waals surface area contributed by atoms with Crippen molar-refractivity contribution >= 4 is 20.4 Å². The van der Waals surface area contributed by atoms with Crippen molar-refractivity contribution in [2.45, 2.75) is 84.0 Å². The first-order valence-corrected chi connectivity index (χ1v) is 15.3. The molecule has 0 aliphatic rings. The highest BCUT2D eigenvalue weighted by molar-refractivity contribution is 6.74. The number of carboxylic acid groups (broad SMARTS) is 1. The van der Waals surface area contributed by atoms with E-state index >= 15 is 0 Å². The average Bonchev–Trinajstić information content (AvgIpc) is 3.21. The molecule has 38 heavy (non-hydrogen) atoms. The van der Waals surface area contributed by atoms with Crippen molar-refractivity contribution in [2.75, 3.05) is 13.2 Å². The van der Waals surface area contributed by atoms with Crippen LogP contribution >= 0.6 is 0 Å². The zero-order valence-corrected chi connectivity index (χ0v) is 24.4. The molecule has 12 heteroatoms. The number of carboxylic acids is 1. The number of aliphatic hydroxyl groups is 1. The number of hydrogen-bond acceptors (Lipinski definition) is 7. The molecule has 2 unspecified atom stereocenters. The van der Waals surface area contributed by atoms with E-state index in [2.05, 4.69) is 44.3 Å². The number of aliphatic hydroxyl groups excluding tert-OH is 1. The highest BCUT2D eigenvalue weighted by Crippen LogP contribution is 2.37. The van der Waals surface area contributed by atoms with Gasteiger partial charge in [0.15, 0.2) is 14.4 Å². The Hall–Kier alpha value is -2.96. The van der Waals surface area contributed by atoms with Gasteiger partial charge in [-0.05, 0) is 51.0 Å². The maximum atomic E-state index is 14.8. The van der Waals surface area contributed by atoms with E-state index < -0.39 is 50.6 Å². The monoisotopic (exact) mass is 553 g/mol. The Morgan fingerprint density at radius 3 is 2.39 bits per heavy atom. The number of carbonyl (C=O) groups excluding carboxylic acids is 1. The molecule has 0 radical (unpaired) electrons. The van der Waals surface area contributed by atoms with Gasteiger partial charge < -0.3 is 29.4 Å². The summed E-state index contributed by atoms with van der Waals surface area (Å²) in [5, 5.41) is 25.2. The van der Waals surface area contributed by atoms with E-state index in [0.29, 0.717) is 12.1 Å². The second kappa shape index (κ2) is 12.3. The molecule has 2 aromatic rings. The molecule has 0 fully saturated rings. The minimum Gasteiger partial charge on any atom is -0.490 e. The van der Waals surface area contributed by atoms with E-state index in [0.717, 1.165) is 6.07 Å². The molecule has 212 valence electrons. The highest BCUT2D eigenvalue weighted by atomic mass is 28.4. The topological polar surface area (TPSA) is 132 Å². The van der Waals surface area contributed by atoms with E-state index in [9.17, 15) is 19.1 Å². The zero-order chi connectivity index (χ0) is 28.9. The maximum absolute atomic E-state index is 14.8. The molecule has 0 saturated heterocycles. The molecule has 2 rings (SSSR count). The lowest BCUT2D eigenvalue weighted by Crippen LogP contribution is -2.48. The molecular weight excluding hydrogens is 513 g/mol.